The van der Waals surface area contributed by atoms with Gasteiger partial charge in [0.2, 0.25) is 0 Å². The number of aromatic nitrogens is 5. The van der Waals surface area contributed by atoms with Crippen LogP contribution in [0.2, 0.25) is 12.6 Å². The number of nitrogens with one attached hydrogen (secondary N) is 1. The SMILES string of the molecule is Cc1cn2nc(-c3cc(F)c4nc(C5CCB(C#N)CC5)[nH]c4c3)cc(C)c2n1. The lowest BCUT2D eigenvalue weighted by molar-refractivity contribution is 0.583. The molecule has 1 fully saturated rings. The van der Waals surface area contributed by atoms with Crippen LogP contribution in [0.1, 0.15) is 35.8 Å². The fourth-order valence-corrected chi connectivity index (χ4v) is 4.32. The van der Waals surface area contributed by atoms with Gasteiger partial charge in [-0.05, 0) is 50.5 Å². The molecule has 0 saturated carbocycles. The number of halogens is 1. The maximum Gasteiger partial charge on any atom is 0.267 e. The minimum atomic E-state index is -0.355. The fourth-order valence-electron chi connectivity index (χ4n) is 4.32. The Hall–Kier alpha value is -3.21. The van der Waals surface area contributed by atoms with Gasteiger partial charge in [0.25, 0.3) is 6.71 Å². The summed E-state index contributed by atoms with van der Waals surface area (Å²) in [6, 6.07) is 5.34. The Morgan fingerprint density at radius 1 is 1.21 bits per heavy atom. The molecule has 0 spiro atoms. The van der Waals surface area contributed by atoms with Crippen molar-refractivity contribution in [3.05, 3.63) is 47.3 Å². The van der Waals surface area contributed by atoms with Crippen molar-refractivity contribution in [1.82, 2.24) is 24.6 Å². The normalized spacial score (nSPS) is 15.3. The summed E-state index contributed by atoms with van der Waals surface area (Å²) in [4.78, 5) is 12.3. The van der Waals surface area contributed by atoms with Gasteiger partial charge >= 0.3 is 0 Å². The second-order valence-corrected chi connectivity index (χ2v) is 8.02. The van der Waals surface area contributed by atoms with Crippen molar-refractivity contribution in [2.45, 2.75) is 45.2 Å². The van der Waals surface area contributed by atoms with Crippen LogP contribution in [-0.4, -0.2) is 31.3 Å². The van der Waals surface area contributed by atoms with Crippen LogP contribution in [0.15, 0.2) is 24.4 Å². The molecular weight excluding hydrogens is 366 g/mol. The van der Waals surface area contributed by atoms with E-state index in [1.165, 1.54) is 6.07 Å². The lowest BCUT2D eigenvalue weighted by Gasteiger charge is -2.20. The van der Waals surface area contributed by atoms with Gasteiger partial charge in [-0.3, -0.25) is 0 Å². The van der Waals surface area contributed by atoms with Crippen LogP contribution < -0.4 is 0 Å². The average molecular weight is 386 g/mol. The van der Waals surface area contributed by atoms with Crippen molar-refractivity contribution in [1.29, 1.82) is 5.26 Å². The van der Waals surface area contributed by atoms with Crippen molar-refractivity contribution in [3.63, 3.8) is 0 Å². The number of benzene rings is 1. The number of hydrogen-bond acceptors (Lipinski definition) is 4. The van der Waals surface area contributed by atoms with E-state index in [4.69, 9.17) is 5.26 Å². The molecule has 0 bridgehead atoms. The Kier molecular flexibility index (Phi) is 4.12. The summed E-state index contributed by atoms with van der Waals surface area (Å²) in [6.45, 7) is 4.04. The van der Waals surface area contributed by atoms with Crippen molar-refractivity contribution in [3.8, 4) is 17.2 Å². The third-order valence-electron chi connectivity index (χ3n) is 5.88. The highest BCUT2D eigenvalue weighted by Crippen LogP contribution is 2.34. The highest BCUT2D eigenvalue weighted by molar-refractivity contribution is 6.67. The van der Waals surface area contributed by atoms with Gasteiger partial charge in [0, 0.05) is 17.4 Å². The lowest BCUT2D eigenvalue weighted by Crippen LogP contribution is -2.19. The average Bonchev–Trinajstić information content (AvgIpc) is 3.31. The summed E-state index contributed by atoms with van der Waals surface area (Å²) < 4.78 is 16.6. The van der Waals surface area contributed by atoms with Gasteiger partial charge < -0.3 is 4.98 Å². The third kappa shape index (κ3) is 3.07. The monoisotopic (exact) mass is 386 g/mol. The molecule has 6 nitrogen and oxygen atoms in total. The Labute approximate surface area is 167 Å². The molecule has 0 amide bonds. The number of nitriles is 1. The fraction of sp³-hybridized carbons (Fsp3) is 0.333. The Bertz CT molecular complexity index is 1280. The first-order valence-electron chi connectivity index (χ1n) is 9.94. The zero-order valence-corrected chi connectivity index (χ0v) is 16.4. The largest absolute Gasteiger partial charge is 0.342 e. The van der Waals surface area contributed by atoms with E-state index in [1.807, 2.05) is 32.2 Å². The van der Waals surface area contributed by atoms with Crippen LogP contribution in [0, 0.1) is 30.9 Å². The van der Waals surface area contributed by atoms with Gasteiger partial charge in [0.1, 0.15) is 11.3 Å². The first-order valence-corrected chi connectivity index (χ1v) is 9.94. The predicted molar refractivity (Wildman–Crippen MR) is 110 cm³/mol. The smallest absolute Gasteiger partial charge is 0.267 e. The van der Waals surface area contributed by atoms with E-state index in [-0.39, 0.29) is 18.4 Å². The van der Waals surface area contributed by atoms with E-state index < -0.39 is 0 Å². The van der Waals surface area contributed by atoms with Crippen LogP contribution >= 0.6 is 0 Å². The Morgan fingerprint density at radius 2 is 2.00 bits per heavy atom. The summed E-state index contributed by atoms with van der Waals surface area (Å²) in [5.74, 6) is 3.06. The summed E-state index contributed by atoms with van der Waals surface area (Å²) >= 11 is 0. The highest BCUT2D eigenvalue weighted by Gasteiger charge is 2.27. The topological polar surface area (TPSA) is 82.7 Å². The Balaban J connectivity index is 1.54. The van der Waals surface area contributed by atoms with Gasteiger partial charge in [0.15, 0.2) is 11.5 Å². The lowest BCUT2D eigenvalue weighted by atomic mass is 9.42. The molecule has 0 aliphatic carbocycles. The van der Waals surface area contributed by atoms with Crippen molar-refractivity contribution in [2.24, 2.45) is 0 Å². The molecule has 4 heterocycles. The summed E-state index contributed by atoms with van der Waals surface area (Å²) in [6.07, 6.45) is 5.43. The molecular formula is C21H20BFN6. The van der Waals surface area contributed by atoms with Gasteiger partial charge in [-0.2, -0.15) is 5.10 Å². The van der Waals surface area contributed by atoms with Gasteiger partial charge in [-0.25, -0.2) is 24.1 Å². The minimum absolute atomic E-state index is 0.134. The van der Waals surface area contributed by atoms with Crippen molar-refractivity contribution >= 4 is 23.4 Å². The molecule has 1 aliphatic rings. The standard InChI is InChI=1S/C21H20BFN6/c1-12-7-17(28-29-10-13(2)25-21(12)29)15-8-16(23)19-18(9-15)26-20(27-19)14-3-5-22(11-24)6-4-14/h7-10,14H,3-6H2,1-2H3,(H,26,27). The van der Waals surface area contributed by atoms with E-state index in [1.54, 1.807) is 4.52 Å². The number of fused-ring (bicyclic) bond motifs is 2. The van der Waals surface area contributed by atoms with Gasteiger partial charge in [-0.1, -0.05) is 12.6 Å². The number of nitrogens with zero attached hydrogens (tertiary/aromatic N) is 5. The van der Waals surface area contributed by atoms with Crippen LogP contribution in [0.5, 0.6) is 0 Å². The molecule has 3 aromatic heterocycles. The summed E-state index contributed by atoms with van der Waals surface area (Å²) in [5.41, 5.74) is 5.13. The van der Waals surface area contributed by atoms with Crippen LogP contribution in [0.25, 0.3) is 27.9 Å². The van der Waals surface area contributed by atoms with E-state index in [0.717, 1.165) is 48.2 Å². The maximum atomic E-state index is 14.9. The second-order valence-electron chi connectivity index (χ2n) is 8.02. The minimum Gasteiger partial charge on any atom is -0.342 e. The highest BCUT2D eigenvalue weighted by atomic mass is 19.1. The van der Waals surface area contributed by atoms with Crippen molar-refractivity contribution in [2.75, 3.05) is 0 Å². The molecule has 144 valence electrons. The van der Waals surface area contributed by atoms with Crippen LogP contribution in [0.3, 0.4) is 0 Å². The van der Waals surface area contributed by atoms with E-state index in [9.17, 15) is 4.39 Å². The van der Waals surface area contributed by atoms with Crippen molar-refractivity contribution < 1.29 is 4.39 Å². The predicted octanol–water partition coefficient (Wildman–Crippen LogP) is 4.46. The molecule has 1 aromatic carbocycles. The van der Waals surface area contributed by atoms with E-state index in [2.05, 4.69) is 26.0 Å². The number of rotatable bonds is 2. The number of aromatic amines is 1. The van der Waals surface area contributed by atoms with E-state index >= 15 is 0 Å². The maximum absolute atomic E-state index is 14.9. The first-order chi connectivity index (χ1) is 14.0. The molecule has 0 atom stereocenters. The van der Waals surface area contributed by atoms with Crippen LogP contribution in [-0.2, 0) is 0 Å². The molecule has 5 rings (SSSR count). The molecule has 1 N–H and O–H groups in total. The molecule has 0 unspecified atom stereocenters. The Morgan fingerprint density at radius 3 is 2.76 bits per heavy atom. The van der Waals surface area contributed by atoms with Crippen LogP contribution in [0.4, 0.5) is 4.39 Å². The zero-order chi connectivity index (χ0) is 20.1. The zero-order valence-electron chi connectivity index (χ0n) is 16.4. The molecule has 4 aromatic rings. The number of aryl methyl sites for hydroxylation is 2. The molecule has 0 radical (unpaired) electrons. The van der Waals surface area contributed by atoms with Gasteiger partial charge in [0.05, 0.1) is 23.1 Å². The summed E-state index contributed by atoms with van der Waals surface area (Å²) in [7, 11) is 0. The number of hydrogen-bond donors (Lipinski definition) is 1. The molecule has 29 heavy (non-hydrogen) atoms. The quantitative estimate of drug-likeness (QED) is 0.516. The summed E-state index contributed by atoms with van der Waals surface area (Å²) in [5, 5.41) is 13.7. The molecule has 1 saturated heterocycles. The van der Waals surface area contributed by atoms with Gasteiger partial charge in [-0.15, -0.1) is 0 Å². The van der Waals surface area contributed by atoms with E-state index in [0.29, 0.717) is 22.3 Å². The molecule has 1 aliphatic heterocycles. The number of H-pyrrole nitrogens is 1. The molecule has 8 heteroatoms. The third-order valence-corrected chi connectivity index (χ3v) is 5.88. The number of imidazole rings is 2. The first kappa shape index (κ1) is 17.9. The second kappa shape index (κ2) is 6.69.